The van der Waals surface area contributed by atoms with Gasteiger partial charge in [-0.15, -0.1) is 0 Å². The molecule has 1 aromatic rings. The van der Waals surface area contributed by atoms with Crippen LogP contribution in [0.1, 0.15) is 18.6 Å². The molecule has 1 unspecified atom stereocenters. The molecular weight excluding hydrogens is 250 g/mol. The molecule has 0 fully saturated rings. The highest BCUT2D eigenvalue weighted by molar-refractivity contribution is 5.61. The molecule has 1 atom stereocenters. The normalized spacial score (nSPS) is 11.1. The molecule has 0 heterocycles. The number of methoxy groups -OCH3 is 2. The van der Waals surface area contributed by atoms with E-state index in [1.165, 1.54) is 14.2 Å². The summed E-state index contributed by atoms with van der Waals surface area (Å²) < 4.78 is 19.9. The van der Waals surface area contributed by atoms with Crippen LogP contribution in [0.15, 0.2) is 18.2 Å². The largest absolute Gasteiger partial charge is 0.509 e. The standard InChI is InChI=1S/C13H15NO5/c1-4-18-13(15)19-11(8-14)9-6-5-7-10(16-2)12(9)17-3/h5-7,11H,4H2,1-3H3. The van der Waals surface area contributed by atoms with Crippen molar-refractivity contribution in [3.63, 3.8) is 0 Å². The smallest absolute Gasteiger partial charge is 0.493 e. The minimum Gasteiger partial charge on any atom is -0.493 e. The Bertz CT molecular complexity index is 480. The Morgan fingerprint density at radius 2 is 2.11 bits per heavy atom. The van der Waals surface area contributed by atoms with E-state index in [4.69, 9.17) is 19.5 Å². The van der Waals surface area contributed by atoms with Crippen LogP contribution in [0.5, 0.6) is 11.5 Å². The molecule has 0 aliphatic rings. The molecular formula is C13H15NO5. The number of nitrogens with zero attached hydrogens (tertiary/aromatic N) is 1. The minimum absolute atomic E-state index is 0.173. The zero-order chi connectivity index (χ0) is 14.3. The third-order valence-corrected chi connectivity index (χ3v) is 2.31. The van der Waals surface area contributed by atoms with Gasteiger partial charge in [-0.05, 0) is 13.0 Å². The van der Waals surface area contributed by atoms with Gasteiger partial charge in [0.05, 0.1) is 26.4 Å². The van der Waals surface area contributed by atoms with Crippen molar-refractivity contribution in [1.29, 1.82) is 5.26 Å². The first-order chi connectivity index (χ1) is 9.17. The summed E-state index contributed by atoms with van der Waals surface area (Å²) in [5.74, 6) is 0.800. The van der Waals surface area contributed by atoms with Gasteiger partial charge in [0, 0.05) is 0 Å². The van der Waals surface area contributed by atoms with Crippen LogP contribution >= 0.6 is 0 Å². The lowest BCUT2D eigenvalue weighted by Gasteiger charge is -2.16. The Hall–Kier alpha value is -2.42. The second-order valence-electron chi connectivity index (χ2n) is 3.39. The van der Waals surface area contributed by atoms with Crippen molar-refractivity contribution in [1.82, 2.24) is 0 Å². The highest BCUT2D eigenvalue weighted by atomic mass is 16.7. The van der Waals surface area contributed by atoms with Gasteiger partial charge < -0.3 is 18.9 Å². The first kappa shape index (κ1) is 14.6. The van der Waals surface area contributed by atoms with E-state index in [-0.39, 0.29) is 6.61 Å². The quantitative estimate of drug-likeness (QED) is 0.761. The van der Waals surface area contributed by atoms with Crippen molar-refractivity contribution in [3.8, 4) is 17.6 Å². The summed E-state index contributed by atoms with van der Waals surface area (Å²) >= 11 is 0. The summed E-state index contributed by atoms with van der Waals surface area (Å²) in [5, 5.41) is 9.10. The van der Waals surface area contributed by atoms with Crippen molar-refractivity contribution in [2.24, 2.45) is 0 Å². The lowest BCUT2D eigenvalue weighted by Crippen LogP contribution is -2.12. The fraction of sp³-hybridized carbons (Fsp3) is 0.385. The third-order valence-electron chi connectivity index (χ3n) is 2.31. The Kier molecular flexibility index (Phi) is 5.48. The highest BCUT2D eigenvalue weighted by Crippen LogP contribution is 2.35. The van der Waals surface area contributed by atoms with Crippen molar-refractivity contribution in [2.75, 3.05) is 20.8 Å². The molecule has 0 radical (unpaired) electrons. The molecule has 0 aliphatic heterocycles. The summed E-state index contributed by atoms with van der Waals surface area (Å²) in [5.41, 5.74) is 0.400. The average molecular weight is 265 g/mol. The predicted octanol–water partition coefficient (Wildman–Crippen LogP) is 2.44. The number of benzene rings is 1. The maximum atomic E-state index is 11.3. The topological polar surface area (TPSA) is 77.8 Å². The van der Waals surface area contributed by atoms with Crippen LogP contribution in [0.25, 0.3) is 0 Å². The van der Waals surface area contributed by atoms with Gasteiger partial charge in [0.25, 0.3) is 0 Å². The fourth-order valence-corrected chi connectivity index (χ4v) is 1.53. The third kappa shape index (κ3) is 3.52. The van der Waals surface area contributed by atoms with Gasteiger partial charge in [-0.1, -0.05) is 12.1 Å². The van der Waals surface area contributed by atoms with Gasteiger partial charge in [0.1, 0.15) is 6.07 Å². The minimum atomic E-state index is -1.12. The van der Waals surface area contributed by atoms with E-state index in [1.807, 2.05) is 6.07 Å². The highest BCUT2D eigenvalue weighted by Gasteiger charge is 2.23. The molecule has 0 saturated carbocycles. The first-order valence-electron chi connectivity index (χ1n) is 5.61. The summed E-state index contributed by atoms with van der Waals surface area (Å²) in [6.07, 6.45) is -2.02. The molecule has 0 amide bonds. The maximum absolute atomic E-state index is 11.3. The number of ether oxygens (including phenoxy) is 4. The van der Waals surface area contributed by atoms with Crippen molar-refractivity contribution in [2.45, 2.75) is 13.0 Å². The predicted molar refractivity (Wildman–Crippen MR) is 66.0 cm³/mol. The fourth-order valence-electron chi connectivity index (χ4n) is 1.53. The summed E-state index contributed by atoms with van der Waals surface area (Å²) in [6, 6.07) is 6.85. The van der Waals surface area contributed by atoms with Crippen LogP contribution in [-0.4, -0.2) is 27.0 Å². The summed E-state index contributed by atoms with van der Waals surface area (Å²) in [7, 11) is 2.93. The number of hydrogen-bond donors (Lipinski definition) is 0. The van der Waals surface area contributed by atoms with E-state index in [0.29, 0.717) is 17.1 Å². The number of carbonyl (C=O) groups is 1. The zero-order valence-corrected chi connectivity index (χ0v) is 11.0. The molecule has 0 spiro atoms. The summed E-state index contributed by atoms with van der Waals surface area (Å²) in [4.78, 5) is 11.3. The SMILES string of the molecule is CCOC(=O)OC(C#N)c1cccc(OC)c1OC. The van der Waals surface area contributed by atoms with Crippen LogP contribution in [0.4, 0.5) is 4.79 Å². The van der Waals surface area contributed by atoms with Crippen LogP contribution in [-0.2, 0) is 9.47 Å². The van der Waals surface area contributed by atoms with Crippen LogP contribution in [0.3, 0.4) is 0 Å². The maximum Gasteiger partial charge on any atom is 0.509 e. The van der Waals surface area contributed by atoms with Crippen molar-refractivity contribution < 1.29 is 23.7 Å². The van der Waals surface area contributed by atoms with Crippen LogP contribution in [0.2, 0.25) is 0 Å². The number of rotatable bonds is 5. The Morgan fingerprint density at radius 1 is 1.37 bits per heavy atom. The molecule has 6 nitrogen and oxygen atoms in total. The van der Waals surface area contributed by atoms with E-state index in [9.17, 15) is 4.79 Å². The molecule has 0 bridgehead atoms. The van der Waals surface area contributed by atoms with E-state index >= 15 is 0 Å². The van der Waals surface area contributed by atoms with Gasteiger partial charge in [0.15, 0.2) is 11.5 Å². The van der Waals surface area contributed by atoms with Gasteiger partial charge in [0.2, 0.25) is 6.10 Å². The Morgan fingerprint density at radius 3 is 2.63 bits per heavy atom. The van der Waals surface area contributed by atoms with Gasteiger partial charge in [-0.3, -0.25) is 0 Å². The molecule has 0 aromatic heterocycles. The lowest BCUT2D eigenvalue weighted by atomic mass is 10.1. The monoisotopic (exact) mass is 265 g/mol. The molecule has 19 heavy (non-hydrogen) atoms. The second kappa shape index (κ2) is 7.11. The number of para-hydroxylation sites is 1. The van der Waals surface area contributed by atoms with Crippen molar-refractivity contribution in [3.05, 3.63) is 23.8 Å². The van der Waals surface area contributed by atoms with Crippen molar-refractivity contribution >= 4 is 6.16 Å². The second-order valence-corrected chi connectivity index (χ2v) is 3.39. The lowest BCUT2D eigenvalue weighted by molar-refractivity contribution is 0.0414. The van der Waals surface area contributed by atoms with E-state index in [1.54, 1.807) is 25.1 Å². The number of hydrogen-bond acceptors (Lipinski definition) is 6. The molecule has 1 aromatic carbocycles. The van der Waals surface area contributed by atoms with E-state index in [0.717, 1.165) is 0 Å². The van der Waals surface area contributed by atoms with E-state index in [2.05, 4.69) is 4.74 Å². The summed E-state index contributed by atoms with van der Waals surface area (Å²) in [6.45, 7) is 1.82. The molecule has 102 valence electrons. The van der Waals surface area contributed by atoms with Gasteiger partial charge in [-0.25, -0.2) is 4.79 Å². The molecule has 6 heteroatoms. The Labute approximate surface area is 111 Å². The first-order valence-corrected chi connectivity index (χ1v) is 5.61. The molecule has 0 N–H and O–H groups in total. The van der Waals surface area contributed by atoms with Gasteiger partial charge >= 0.3 is 6.16 Å². The zero-order valence-electron chi connectivity index (χ0n) is 11.0. The number of nitriles is 1. The molecule has 0 saturated heterocycles. The Balaban J connectivity index is 3.05. The van der Waals surface area contributed by atoms with Crippen LogP contribution in [0, 0.1) is 11.3 Å². The molecule has 0 aliphatic carbocycles. The van der Waals surface area contributed by atoms with Crippen LogP contribution < -0.4 is 9.47 Å². The average Bonchev–Trinajstić information content (AvgIpc) is 2.44. The molecule has 1 rings (SSSR count). The van der Waals surface area contributed by atoms with E-state index < -0.39 is 12.3 Å². The van der Waals surface area contributed by atoms with Gasteiger partial charge in [-0.2, -0.15) is 5.26 Å². The number of carbonyl (C=O) groups excluding carboxylic acids is 1.